The topological polar surface area (TPSA) is 171 Å². The lowest BCUT2D eigenvalue weighted by atomic mass is 9.88. The van der Waals surface area contributed by atoms with Gasteiger partial charge in [0.1, 0.15) is 17.5 Å². The maximum absolute atomic E-state index is 14.2. The number of esters is 2. The zero-order valence-corrected chi connectivity index (χ0v) is 50.0. The lowest BCUT2D eigenvalue weighted by Gasteiger charge is -2.39. The normalized spacial score (nSPS) is 25.8. The standard InChI is InChI=1S/C55H93NO13Si3/c1-17-47(68-71(21-5,22-6)23-7)42(13)52-48(63-52)39-54(15,69-72(24-8,25-9)26-10)36-27-28-40(11)51-41(12)29-34-49(64-53(59)62-45-32-30-44(31-33-45)56(60)61)55(16,66-43(14)57)37-35-46(38-50(58)65-51)67-70(18-2,19-3)20-4/h27-34,36,41-42,46-49,51-52H,17-26,35,37-39H2,1-16H3/b34-29+,36-27+,40-28+/t41-,42+,46+,47-,48+,49+,51+,52+,54-,55+/m0/s1. The van der Waals surface area contributed by atoms with Gasteiger partial charge in [0.05, 0.1) is 35.3 Å². The Morgan fingerprint density at radius 2 is 1.46 bits per heavy atom. The molecule has 17 heteroatoms. The lowest BCUT2D eigenvalue weighted by Crippen LogP contribution is -2.47. The Hall–Kier alpha value is -3.46. The van der Waals surface area contributed by atoms with Crippen LogP contribution in [0.5, 0.6) is 5.75 Å². The summed E-state index contributed by atoms with van der Waals surface area (Å²) in [5.41, 5.74) is -1.44. The van der Waals surface area contributed by atoms with E-state index >= 15 is 0 Å². The second kappa shape index (κ2) is 28.4. The van der Waals surface area contributed by atoms with E-state index in [9.17, 15) is 24.5 Å². The van der Waals surface area contributed by atoms with Crippen LogP contribution >= 0.6 is 0 Å². The fourth-order valence-corrected chi connectivity index (χ4v) is 19.6. The first-order valence-corrected chi connectivity index (χ1v) is 34.8. The number of benzene rings is 1. The molecular formula is C55H93NO13Si3. The number of carbonyl (C=O) groups excluding carboxylic acids is 3. The van der Waals surface area contributed by atoms with Crippen molar-refractivity contribution in [1.82, 2.24) is 0 Å². The van der Waals surface area contributed by atoms with Crippen molar-refractivity contribution >= 4 is 48.7 Å². The Morgan fingerprint density at radius 3 is 1.97 bits per heavy atom. The van der Waals surface area contributed by atoms with Crippen LogP contribution in [0.4, 0.5) is 10.5 Å². The quantitative estimate of drug-likeness (QED) is 0.00939. The van der Waals surface area contributed by atoms with Crippen molar-refractivity contribution in [3.63, 3.8) is 0 Å². The number of allylic oxidation sites excluding steroid dienone is 2. The molecule has 0 spiro atoms. The molecule has 0 saturated carbocycles. The average Bonchev–Trinajstić information content (AvgIpc) is 4.12. The summed E-state index contributed by atoms with van der Waals surface area (Å²) in [7, 11) is -6.21. The molecule has 0 radical (unpaired) electrons. The van der Waals surface area contributed by atoms with Crippen molar-refractivity contribution in [3.05, 3.63) is 70.3 Å². The molecule has 1 fully saturated rings. The van der Waals surface area contributed by atoms with Crippen molar-refractivity contribution in [1.29, 1.82) is 0 Å². The molecule has 2 aliphatic rings. The number of hydrogen-bond donors (Lipinski definition) is 0. The Morgan fingerprint density at radius 1 is 0.889 bits per heavy atom. The van der Waals surface area contributed by atoms with E-state index in [1.165, 1.54) is 31.2 Å². The largest absolute Gasteiger partial charge is 0.514 e. The van der Waals surface area contributed by atoms with Gasteiger partial charge in [0.2, 0.25) is 0 Å². The van der Waals surface area contributed by atoms with Gasteiger partial charge in [-0.25, -0.2) is 4.79 Å². The summed E-state index contributed by atoms with van der Waals surface area (Å²) in [5.74, 6) is -1.17. The van der Waals surface area contributed by atoms with Gasteiger partial charge in [-0.05, 0) is 118 Å². The molecule has 10 atom stereocenters. The molecule has 2 heterocycles. The summed E-state index contributed by atoms with van der Waals surface area (Å²) in [6.07, 6.45) is 8.36. The number of hydrogen-bond acceptors (Lipinski definition) is 13. The van der Waals surface area contributed by atoms with Gasteiger partial charge in [0.15, 0.2) is 31.1 Å². The SMILES string of the molecule is CC[C@H](O[Si](CC)(CC)CC)[C@@H](C)[C@H]1O[C@@H]1C[C@](C)(/C=C/C=C(\C)[C@H]1OC(=O)C[C@H](O[Si](CC)(CC)CC)CC[C@@](C)(OC(C)=O)[C@H](OC(=O)Oc2ccc([N+](=O)[O-])cc2)/C=C/[C@@H]1C)O[Si](CC)(CC)CC. The van der Waals surface area contributed by atoms with Gasteiger partial charge in [0.25, 0.3) is 5.69 Å². The van der Waals surface area contributed by atoms with Crippen molar-refractivity contribution < 1.29 is 56.3 Å². The number of non-ortho nitro benzene ring substituents is 1. The summed E-state index contributed by atoms with van der Waals surface area (Å²) in [4.78, 5) is 51.3. The molecule has 72 heavy (non-hydrogen) atoms. The van der Waals surface area contributed by atoms with Gasteiger partial charge in [-0.2, -0.15) is 0 Å². The van der Waals surface area contributed by atoms with Crippen LogP contribution in [-0.2, 0) is 41.8 Å². The molecule has 2 aliphatic heterocycles. The number of carbonyl (C=O) groups is 3. The number of epoxide rings is 1. The van der Waals surface area contributed by atoms with Crippen LogP contribution < -0.4 is 4.74 Å². The van der Waals surface area contributed by atoms with Gasteiger partial charge in [-0.1, -0.05) is 107 Å². The predicted octanol–water partition coefficient (Wildman–Crippen LogP) is 14.4. The van der Waals surface area contributed by atoms with Gasteiger partial charge in [-0.3, -0.25) is 19.7 Å². The molecule has 0 unspecified atom stereocenters. The maximum atomic E-state index is 14.2. The van der Waals surface area contributed by atoms with Crippen LogP contribution in [0, 0.1) is 22.0 Å². The zero-order valence-electron chi connectivity index (χ0n) is 47.0. The second-order valence-electron chi connectivity index (χ2n) is 20.9. The fraction of sp³-hybridized carbons (Fsp3) is 0.727. The van der Waals surface area contributed by atoms with Crippen LogP contribution in [0.25, 0.3) is 0 Å². The highest BCUT2D eigenvalue weighted by Gasteiger charge is 2.51. The number of nitro groups is 1. The molecule has 1 aromatic rings. The molecule has 0 aliphatic carbocycles. The first kappa shape index (κ1) is 62.8. The highest BCUT2D eigenvalue weighted by molar-refractivity contribution is 6.74. The summed E-state index contributed by atoms with van der Waals surface area (Å²) < 4.78 is 51.8. The number of nitrogens with zero attached hydrogens (tertiary/aromatic N) is 1. The minimum Gasteiger partial charge on any atom is -0.457 e. The third-order valence-electron chi connectivity index (χ3n) is 16.2. The second-order valence-corrected chi connectivity index (χ2v) is 35.0. The molecule has 1 saturated heterocycles. The highest BCUT2D eigenvalue weighted by atomic mass is 28.4. The van der Waals surface area contributed by atoms with Gasteiger partial charge < -0.3 is 37.0 Å². The minimum atomic E-state index is -2.28. The molecule has 14 nitrogen and oxygen atoms in total. The van der Waals surface area contributed by atoms with Crippen LogP contribution in [-0.4, -0.2) is 95.8 Å². The summed E-state index contributed by atoms with van der Waals surface area (Å²) in [6.45, 7) is 33.4. The minimum absolute atomic E-state index is 0.0253. The van der Waals surface area contributed by atoms with E-state index in [2.05, 4.69) is 89.2 Å². The molecule has 0 bridgehead atoms. The smallest absolute Gasteiger partial charge is 0.457 e. The maximum Gasteiger partial charge on any atom is 0.514 e. The molecule has 0 amide bonds. The van der Waals surface area contributed by atoms with E-state index < -0.39 is 83.4 Å². The van der Waals surface area contributed by atoms with Crippen molar-refractivity contribution in [3.8, 4) is 5.75 Å². The number of rotatable bonds is 27. The summed E-state index contributed by atoms with van der Waals surface area (Å²) in [6, 6.07) is 13.9. The van der Waals surface area contributed by atoms with E-state index in [1.54, 1.807) is 19.1 Å². The molecule has 1 aromatic carbocycles. The van der Waals surface area contributed by atoms with Crippen LogP contribution in [0.3, 0.4) is 0 Å². The lowest BCUT2D eigenvalue weighted by molar-refractivity contribution is -0.384. The van der Waals surface area contributed by atoms with E-state index in [-0.39, 0.29) is 48.5 Å². The van der Waals surface area contributed by atoms with Gasteiger partial charge in [0, 0.05) is 43.4 Å². The molecule has 408 valence electrons. The first-order valence-electron chi connectivity index (χ1n) is 27.2. The Balaban J connectivity index is 2.09. The molecule has 3 rings (SSSR count). The average molecular weight is 1060 g/mol. The summed E-state index contributed by atoms with van der Waals surface area (Å²) in [5, 5.41) is 11.3. The summed E-state index contributed by atoms with van der Waals surface area (Å²) >= 11 is 0. The van der Waals surface area contributed by atoms with Crippen LogP contribution in [0.1, 0.15) is 143 Å². The molecule has 0 aromatic heterocycles. The van der Waals surface area contributed by atoms with E-state index in [1.807, 2.05) is 26.0 Å². The predicted molar refractivity (Wildman–Crippen MR) is 293 cm³/mol. The zero-order chi connectivity index (χ0) is 54.1. The third kappa shape index (κ3) is 17.6. The molecule has 0 N–H and O–H groups in total. The number of nitro benzene ring substituents is 1. The Bertz CT molecular complexity index is 1960. The number of cyclic esters (lactones) is 1. The first-order chi connectivity index (χ1) is 34.0. The van der Waals surface area contributed by atoms with E-state index in [0.717, 1.165) is 66.4 Å². The van der Waals surface area contributed by atoms with E-state index in [4.69, 9.17) is 37.0 Å². The van der Waals surface area contributed by atoms with Gasteiger partial charge in [-0.15, -0.1) is 0 Å². The fourth-order valence-electron chi connectivity index (χ4n) is 10.6. The third-order valence-corrected chi connectivity index (χ3v) is 30.3. The Kier molecular flexibility index (Phi) is 24.8. The molecular weight excluding hydrogens is 967 g/mol. The van der Waals surface area contributed by atoms with Crippen LogP contribution in [0.15, 0.2) is 60.2 Å². The van der Waals surface area contributed by atoms with E-state index in [0.29, 0.717) is 12.8 Å². The number of ether oxygens (including phenoxy) is 5. The van der Waals surface area contributed by atoms with Crippen molar-refractivity contribution in [2.24, 2.45) is 11.8 Å². The monoisotopic (exact) mass is 1060 g/mol. The highest BCUT2D eigenvalue weighted by Crippen LogP contribution is 2.43. The Labute approximate surface area is 436 Å². The van der Waals surface area contributed by atoms with Crippen LogP contribution in [0.2, 0.25) is 54.4 Å². The van der Waals surface area contributed by atoms with Crippen molar-refractivity contribution in [2.45, 2.75) is 245 Å². The van der Waals surface area contributed by atoms with Crippen molar-refractivity contribution in [2.75, 3.05) is 0 Å². The van der Waals surface area contributed by atoms with Gasteiger partial charge >= 0.3 is 18.1 Å².